The summed E-state index contributed by atoms with van der Waals surface area (Å²) in [7, 11) is 0. The number of carbonyl (C=O) groups is 1. The fraction of sp³-hybridized carbons (Fsp3) is 0.148. The van der Waals surface area contributed by atoms with Crippen molar-refractivity contribution in [1.82, 2.24) is 4.57 Å². The van der Waals surface area contributed by atoms with Gasteiger partial charge in [0, 0.05) is 21.4 Å². The number of benzene rings is 3. The first-order valence-electron chi connectivity index (χ1n) is 10.3. The van der Waals surface area contributed by atoms with Gasteiger partial charge in [0.2, 0.25) is 0 Å². The van der Waals surface area contributed by atoms with Crippen molar-refractivity contribution in [1.29, 1.82) is 0 Å². The molecule has 1 N–H and O–H groups in total. The summed E-state index contributed by atoms with van der Waals surface area (Å²) in [6.45, 7) is 6.03. The van der Waals surface area contributed by atoms with Crippen LogP contribution in [0.15, 0.2) is 83.3 Å². The predicted octanol–water partition coefficient (Wildman–Crippen LogP) is 7.61. The van der Waals surface area contributed by atoms with Crippen molar-refractivity contribution in [3.63, 3.8) is 0 Å². The molecule has 0 aliphatic heterocycles. The number of aromatic carboxylic acids is 1. The van der Waals surface area contributed by atoms with E-state index in [9.17, 15) is 14.3 Å². The van der Waals surface area contributed by atoms with Crippen LogP contribution < -0.4 is 0 Å². The summed E-state index contributed by atoms with van der Waals surface area (Å²) >= 11 is 3.52. The van der Waals surface area contributed by atoms with Gasteiger partial charge in [0.15, 0.2) is 0 Å². The Hall–Kier alpha value is -3.18. The fourth-order valence-corrected chi connectivity index (χ4v) is 3.89. The van der Waals surface area contributed by atoms with Gasteiger partial charge in [-0.05, 0) is 79.9 Å². The molecule has 0 aliphatic rings. The molecule has 0 fully saturated rings. The number of rotatable bonds is 4. The fourth-order valence-electron chi connectivity index (χ4n) is 3.52. The van der Waals surface area contributed by atoms with Crippen LogP contribution >= 0.6 is 15.9 Å². The van der Waals surface area contributed by atoms with Gasteiger partial charge in [0.1, 0.15) is 5.82 Å². The molecule has 3 nitrogen and oxygen atoms in total. The summed E-state index contributed by atoms with van der Waals surface area (Å²) in [5.41, 5.74) is 6.31. The molecule has 0 aliphatic carbocycles. The third kappa shape index (κ3) is 5.35. The predicted molar refractivity (Wildman–Crippen MR) is 131 cm³/mol. The monoisotopic (exact) mass is 493 g/mol. The van der Waals surface area contributed by atoms with Gasteiger partial charge in [0.05, 0.1) is 11.3 Å². The van der Waals surface area contributed by atoms with Crippen molar-refractivity contribution >= 4 is 21.9 Å². The molecule has 0 spiro atoms. The number of halogens is 2. The molecule has 1 heterocycles. The highest BCUT2D eigenvalue weighted by Gasteiger charge is 2.13. The van der Waals surface area contributed by atoms with Crippen LogP contribution in [0.3, 0.4) is 0 Å². The van der Waals surface area contributed by atoms with Crippen molar-refractivity contribution in [2.45, 2.75) is 27.2 Å². The lowest BCUT2D eigenvalue weighted by Crippen LogP contribution is -2.03. The number of aromatic nitrogens is 1. The smallest absolute Gasteiger partial charge is 0.335 e. The zero-order chi connectivity index (χ0) is 23.3. The van der Waals surface area contributed by atoms with Gasteiger partial charge < -0.3 is 9.67 Å². The van der Waals surface area contributed by atoms with Crippen LogP contribution in [0.5, 0.6) is 0 Å². The molecule has 0 saturated heterocycles. The first kappa shape index (κ1) is 23.5. The molecule has 32 heavy (non-hydrogen) atoms. The molecule has 1 aromatic heterocycles. The second-order valence-corrected chi connectivity index (χ2v) is 8.37. The van der Waals surface area contributed by atoms with E-state index >= 15 is 0 Å². The van der Waals surface area contributed by atoms with Gasteiger partial charge in [0.25, 0.3) is 0 Å². The van der Waals surface area contributed by atoms with Gasteiger partial charge in [-0.1, -0.05) is 53.2 Å². The van der Waals surface area contributed by atoms with E-state index in [-0.39, 0.29) is 11.4 Å². The summed E-state index contributed by atoms with van der Waals surface area (Å²) in [6.07, 6.45) is 0.771. The van der Waals surface area contributed by atoms with Crippen LogP contribution in [0.4, 0.5) is 4.39 Å². The number of nitrogens with zero attached hydrogens (tertiary/aromatic N) is 1. The Labute approximate surface area is 196 Å². The van der Waals surface area contributed by atoms with Crippen LogP contribution in [-0.2, 0) is 6.42 Å². The van der Waals surface area contributed by atoms with E-state index in [0.717, 1.165) is 39.1 Å². The molecule has 0 radical (unpaired) electrons. The summed E-state index contributed by atoms with van der Waals surface area (Å²) in [6, 6.07) is 24.1. The van der Waals surface area contributed by atoms with Crippen molar-refractivity contribution < 1.29 is 14.3 Å². The van der Waals surface area contributed by atoms with E-state index in [4.69, 9.17) is 0 Å². The van der Waals surface area contributed by atoms with Crippen molar-refractivity contribution in [2.75, 3.05) is 0 Å². The van der Waals surface area contributed by atoms with Crippen LogP contribution in [0.25, 0.3) is 16.9 Å². The highest BCUT2D eigenvalue weighted by atomic mass is 79.9. The minimum Gasteiger partial charge on any atom is -0.478 e. The zero-order valence-corrected chi connectivity index (χ0v) is 19.9. The quantitative estimate of drug-likeness (QED) is 0.317. The maximum absolute atomic E-state index is 12.6. The number of aryl methyl sites for hydroxylation is 3. The van der Waals surface area contributed by atoms with E-state index in [1.807, 2.05) is 38.1 Å². The largest absolute Gasteiger partial charge is 0.478 e. The number of hydrogen-bond donors (Lipinski definition) is 1. The SMILES string of the molecule is CCc1ccccc1F.Cc1ccc(Br)cc1-c1ccc(C)n1-c1cccc(C(=O)O)c1. The minimum absolute atomic E-state index is 0.0972. The van der Waals surface area contributed by atoms with Gasteiger partial charge in [-0.2, -0.15) is 0 Å². The van der Waals surface area contributed by atoms with Gasteiger partial charge in [-0.3, -0.25) is 0 Å². The maximum atomic E-state index is 12.6. The van der Waals surface area contributed by atoms with Crippen LogP contribution in [0.2, 0.25) is 0 Å². The van der Waals surface area contributed by atoms with Gasteiger partial charge >= 0.3 is 5.97 Å². The normalized spacial score (nSPS) is 10.4. The van der Waals surface area contributed by atoms with E-state index in [1.54, 1.807) is 30.3 Å². The molecule has 0 amide bonds. The Kier molecular flexibility index (Phi) is 7.65. The second kappa shape index (κ2) is 10.4. The Morgan fingerprint density at radius 1 is 0.969 bits per heavy atom. The third-order valence-electron chi connectivity index (χ3n) is 5.24. The highest BCUT2D eigenvalue weighted by Crippen LogP contribution is 2.31. The lowest BCUT2D eigenvalue weighted by molar-refractivity contribution is 0.0697. The van der Waals surface area contributed by atoms with Crippen molar-refractivity contribution in [3.05, 3.63) is 112 Å². The maximum Gasteiger partial charge on any atom is 0.335 e. The average molecular weight is 494 g/mol. The Morgan fingerprint density at radius 2 is 1.72 bits per heavy atom. The topological polar surface area (TPSA) is 42.2 Å². The number of carboxylic acids is 1. The second-order valence-electron chi connectivity index (χ2n) is 7.46. The summed E-state index contributed by atoms with van der Waals surface area (Å²) in [5, 5.41) is 9.23. The standard InChI is InChI=1S/C19H16BrNO2.C8H9F/c1-12-6-8-15(20)11-17(12)18-9-7-13(2)21(18)16-5-3-4-14(10-16)19(22)23;1-2-7-5-3-4-6-8(7)9/h3-11H,1-2H3,(H,22,23);3-6H,2H2,1H3. The molecule has 164 valence electrons. The van der Waals surface area contributed by atoms with E-state index < -0.39 is 5.97 Å². The van der Waals surface area contributed by atoms with Crippen LogP contribution in [0.1, 0.15) is 34.1 Å². The molecule has 4 rings (SSSR count). The Morgan fingerprint density at radius 3 is 2.38 bits per heavy atom. The van der Waals surface area contributed by atoms with Gasteiger partial charge in [-0.15, -0.1) is 0 Å². The summed E-state index contributed by atoms with van der Waals surface area (Å²) in [4.78, 5) is 11.2. The van der Waals surface area contributed by atoms with E-state index in [1.165, 1.54) is 11.6 Å². The first-order valence-corrected chi connectivity index (χ1v) is 11.1. The average Bonchev–Trinajstić information content (AvgIpc) is 3.17. The molecule has 5 heteroatoms. The Bertz CT molecular complexity index is 1250. The molecule has 0 saturated carbocycles. The number of hydrogen-bond acceptors (Lipinski definition) is 1. The zero-order valence-electron chi connectivity index (χ0n) is 18.3. The van der Waals surface area contributed by atoms with Crippen molar-refractivity contribution in [2.24, 2.45) is 0 Å². The molecular weight excluding hydrogens is 469 g/mol. The van der Waals surface area contributed by atoms with Gasteiger partial charge in [-0.25, -0.2) is 9.18 Å². The molecule has 4 aromatic rings. The molecule has 3 aromatic carbocycles. The van der Waals surface area contributed by atoms with E-state index in [2.05, 4.69) is 45.6 Å². The number of carboxylic acid groups (broad SMARTS) is 1. The molecule has 0 atom stereocenters. The van der Waals surface area contributed by atoms with Crippen LogP contribution in [0, 0.1) is 19.7 Å². The lowest BCUT2D eigenvalue weighted by atomic mass is 10.1. The lowest BCUT2D eigenvalue weighted by Gasteiger charge is -2.14. The first-order chi connectivity index (χ1) is 15.3. The molecular formula is C27H25BrFNO2. The van der Waals surface area contributed by atoms with Crippen LogP contribution in [-0.4, -0.2) is 15.6 Å². The summed E-state index contributed by atoms with van der Waals surface area (Å²) in [5.74, 6) is -1.02. The highest BCUT2D eigenvalue weighted by molar-refractivity contribution is 9.10. The molecule has 0 unspecified atom stereocenters. The van der Waals surface area contributed by atoms with E-state index in [0.29, 0.717) is 0 Å². The molecule has 0 bridgehead atoms. The third-order valence-corrected chi connectivity index (χ3v) is 5.73. The summed E-state index contributed by atoms with van der Waals surface area (Å²) < 4.78 is 15.7. The minimum atomic E-state index is -0.920. The van der Waals surface area contributed by atoms with Crippen molar-refractivity contribution in [3.8, 4) is 16.9 Å². The Balaban J connectivity index is 0.000000269.